The van der Waals surface area contributed by atoms with E-state index in [0.29, 0.717) is 11.5 Å². The van der Waals surface area contributed by atoms with Crippen molar-refractivity contribution in [3.63, 3.8) is 0 Å². The first-order chi connectivity index (χ1) is 9.74. The number of aromatic hydroxyl groups is 1. The minimum Gasteiger partial charge on any atom is -0.502 e. The number of phenolic OH excluding ortho intramolecular Hbond substituents is 1. The third kappa shape index (κ3) is 3.79. The van der Waals surface area contributed by atoms with E-state index >= 15 is 0 Å². The number of rotatable bonds is 5. The predicted molar refractivity (Wildman–Crippen MR) is 78.3 cm³/mol. The summed E-state index contributed by atoms with van der Waals surface area (Å²) in [6.07, 6.45) is 8.09. The third-order valence-electron chi connectivity index (χ3n) is 4.13. The van der Waals surface area contributed by atoms with Crippen molar-refractivity contribution in [3.8, 4) is 17.2 Å². The zero-order chi connectivity index (χ0) is 14.4. The van der Waals surface area contributed by atoms with E-state index in [1.165, 1.54) is 38.5 Å². The van der Waals surface area contributed by atoms with E-state index in [2.05, 4.69) is 5.32 Å². The summed E-state index contributed by atoms with van der Waals surface area (Å²) < 4.78 is 10.4. The van der Waals surface area contributed by atoms with Crippen LogP contribution in [0.1, 0.15) is 44.1 Å². The number of hydrogen-bond acceptors (Lipinski definition) is 3. The molecule has 4 nitrogen and oxygen atoms in total. The first-order valence-electron chi connectivity index (χ1n) is 7.51. The Labute approximate surface area is 121 Å². The normalized spacial score (nSPS) is 16.7. The molecule has 0 atom stereocenters. The van der Waals surface area contributed by atoms with E-state index in [0.717, 1.165) is 18.2 Å². The van der Waals surface area contributed by atoms with Gasteiger partial charge in [-0.05, 0) is 37.8 Å². The lowest BCUT2D eigenvalue weighted by atomic mass is 10.1. The van der Waals surface area contributed by atoms with Crippen molar-refractivity contribution in [1.29, 1.82) is 0 Å². The van der Waals surface area contributed by atoms with Crippen molar-refractivity contribution in [2.24, 2.45) is 0 Å². The third-order valence-corrected chi connectivity index (χ3v) is 4.13. The molecule has 0 radical (unpaired) electrons. The maximum atomic E-state index is 9.91. The van der Waals surface area contributed by atoms with Crippen LogP contribution in [0.3, 0.4) is 0 Å². The summed E-state index contributed by atoms with van der Waals surface area (Å²) in [4.78, 5) is 0. The summed E-state index contributed by atoms with van der Waals surface area (Å²) in [7, 11) is 3.13. The Morgan fingerprint density at radius 3 is 2.10 bits per heavy atom. The van der Waals surface area contributed by atoms with Gasteiger partial charge in [0.05, 0.1) is 20.3 Å². The molecule has 1 saturated carbocycles. The average molecular weight is 280 g/mol. The highest BCUT2D eigenvalue weighted by Gasteiger charge is 2.16. The molecule has 1 aromatic carbocycles. The fourth-order valence-electron chi connectivity index (χ4n) is 2.92. The molecule has 0 unspecified atom stereocenters. The Kier molecular flexibility index (Phi) is 5.53. The number of benzene rings is 1. The number of hydrogen-bond donors (Lipinski definition) is 2. The van der Waals surface area contributed by atoms with Crippen molar-refractivity contribution in [1.82, 2.24) is 0 Å². The van der Waals surface area contributed by atoms with Crippen molar-refractivity contribution < 1.29 is 19.9 Å². The number of quaternary nitrogens is 1. The molecular weight excluding hydrogens is 254 g/mol. The van der Waals surface area contributed by atoms with Crippen LogP contribution >= 0.6 is 0 Å². The zero-order valence-corrected chi connectivity index (χ0v) is 12.5. The predicted octanol–water partition coefficient (Wildman–Crippen LogP) is 2.20. The van der Waals surface area contributed by atoms with Crippen LogP contribution in [0.5, 0.6) is 17.2 Å². The van der Waals surface area contributed by atoms with Crippen LogP contribution in [0.25, 0.3) is 0 Å². The summed E-state index contributed by atoms with van der Waals surface area (Å²) in [6.45, 7) is 0.900. The summed E-state index contributed by atoms with van der Waals surface area (Å²) in [6, 6.07) is 4.51. The van der Waals surface area contributed by atoms with Gasteiger partial charge in [0, 0.05) is 5.56 Å². The van der Waals surface area contributed by atoms with Crippen molar-refractivity contribution in [2.45, 2.75) is 51.1 Å². The fourth-order valence-corrected chi connectivity index (χ4v) is 2.92. The minimum absolute atomic E-state index is 0.0771. The standard InChI is InChI=1S/C16H25NO3/c1-19-14-9-12(10-15(20-2)16(14)18)11-17-13-7-5-3-4-6-8-13/h9-10,13,17-18H,3-8,11H2,1-2H3/p+1. The van der Waals surface area contributed by atoms with Crippen molar-refractivity contribution in [2.75, 3.05) is 14.2 Å². The van der Waals surface area contributed by atoms with E-state index in [4.69, 9.17) is 9.47 Å². The summed E-state index contributed by atoms with van der Waals surface area (Å²) >= 11 is 0. The lowest BCUT2D eigenvalue weighted by Gasteiger charge is -2.14. The molecule has 20 heavy (non-hydrogen) atoms. The molecule has 0 bridgehead atoms. The van der Waals surface area contributed by atoms with Crippen LogP contribution in [-0.4, -0.2) is 25.4 Å². The van der Waals surface area contributed by atoms with Crippen LogP contribution in [0, 0.1) is 0 Å². The van der Waals surface area contributed by atoms with Crippen molar-refractivity contribution in [3.05, 3.63) is 17.7 Å². The molecule has 0 aromatic heterocycles. The number of methoxy groups -OCH3 is 2. The first kappa shape index (κ1) is 15.0. The molecule has 1 aliphatic rings. The summed E-state index contributed by atoms with van der Waals surface area (Å²) in [5.41, 5.74) is 1.13. The molecule has 0 spiro atoms. The Morgan fingerprint density at radius 1 is 1.05 bits per heavy atom. The van der Waals surface area contributed by atoms with Gasteiger partial charge in [-0.2, -0.15) is 0 Å². The molecule has 1 aromatic rings. The molecular formula is C16H26NO3+. The van der Waals surface area contributed by atoms with Gasteiger partial charge in [-0.25, -0.2) is 0 Å². The second-order valence-corrected chi connectivity index (χ2v) is 5.54. The molecule has 0 heterocycles. The Bertz CT molecular complexity index is 401. The highest BCUT2D eigenvalue weighted by atomic mass is 16.5. The topological polar surface area (TPSA) is 55.3 Å². The lowest BCUT2D eigenvalue weighted by Crippen LogP contribution is -2.88. The first-order valence-corrected chi connectivity index (χ1v) is 7.51. The van der Waals surface area contributed by atoms with Crippen LogP contribution in [-0.2, 0) is 6.54 Å². The molecule has 2 rings (SSSR count). The molecule has 0 saturated heterocycles. The average Bonchev–Trinajstić information content (AvgIpc) is 2.74. The van der Waals surface area contributed by atoms with E-state index < -0.39 is 0 Å². The number of nitrogens with two attached hydrogens (primary N) is 1. The van der Waals surface area contributed by atoms with Gasteiger partial charge in [0.2, 0.25) is 5.75 Å². The zero-order valence-electron chi connectivity index (χ0n) is 12.5. The number of ether oxygens (including phenoxy) is 2. The second-order valence-electron chi connectivity index (χ2n) is 5.54. The quantitative estimate of drug-likeness (QED) is 0.813. The Balaban J connectivity index is 2.01. The van der Waals surface area contributed by atoms with Gasteiger partial charge in [0.1, 0.15) is 6.54 Å². The molecule has 0 aliphatic heterocycles. The molecule has 4 heteroatoms. The van der Waals surface area contributed by atoms with Gasteiger partial charge in [0.25, 0.3) is 0 Å². The van der Waals surface area contributed by atoms with Crippen LogP contribution in [0.2, 0.25) is 0 Å². The monoisotopic (exact) mass is 280 g/mol. The molecule has 112 valence electrons. The largest absolute Gasteiger partial charge is 0.502 e. The van der Waals surface area contributed by atoms with E-state index in [-0.39, 0.29) is 5.75 Å². The van der Waals surface area contributed by atoms with Crippen molar-refractivity contribution >= 4 is 0 Å². The Morgan fingerprint density at radius 2 is 1.60 bits per heavy atom. The van der Waals surface area contributed by atoms with Gasteiger partial charge < -0.3 is 19.9 Å². The van der Waals surface area contributed by atoms with E-state index in [1.807, 2.05) is 12.1 Å². The van der Waals surface area contributed by atoms with Gasteiger partial charge in [-0.1, -0.05) is 12.8 Å². The molecule has 1 fully saturated rings. The lowest BCUT2D eigenvalue weighted by molar-refractivity contribution is -0.705. The maximum Gasteiger partial charge on any atom is 0.200 e. The van der Waals surface area contributed by atoms with Crippen LogP contribution in [0.15, 0.2) is 12.1 Å². The van der Waals surface area contributed by atoms with Gasteiger partial charge in [0.15, 0.2) is 11.5 Å². The highest BCUT2D eigenvalue weighted by Crippen LogP contribution is 2.36. The molecule has 0 amide bonds. The van der Waals surface area contributed by atoms with Gasteiger partial charge >= 0.3 is 0 Å². The Hall–Kier alpha value is -1.42. The van der Waals surface area contributed by atoms with Gasteiger partial charge in [-0.15, -0.1) is 0 Å². The SMILES string of the molecule is COc1cc(C[NH2+]C2CCCCCC2)cc(OC)c1O. The van der Waals surface area contributed by atoms with Gasteiger partial charge in [-0.3, -0.25) is 0 Å². The van der Waals surface area contributed by atoms with E-state index in [9.17, 15) is 5.11 Å². The molecule has 3 N–H and O–H groups in total. The second kappa shape index (κ2) is 7.39. The molecule has 1 aliphatic carbocycles. The van der Waals surface area contributed by atoms with Crippen LogP contribution in [0.4, 0.5) is 0 Å². The maximum absolute atomic E-state index is 9.91. The fraction of sp³-hybridized carbons (Fsp3) is 0.625. The smallest absolute Gasteiger partial charge is 0.200 e. The number of phenols is 1. The van der Waals surface area contributed by atoms with E-state index in [1.54, 1.807) is 14.2 Å². The highest BCUT2D eigenvalue weighted by molar-refractivity contribution is 5.52. The van der Waals surface area contributed by atoms with Crippen LogP contribution < -0.4 is 14.8 Å². The minimum atomic E-state index is 0.0771. The summed E-state index contributed by atoms with van der Waals surface area (Å²) in [5, 5.41) is 12.3. The summed E-state index contributed by atoms with van der Waals surface area (Å²) in [5.74, 6) is 1.04.